The van der Waals surface area contributed by atoms with Crippen molar-refractivity contribution in [1.29, 1.82) is 0 Å². The summed E-state index contributed by atoms with van der Waals surface area (Å²) >= 11 is 0. The molecule has 0 saturated carbocycles. The van der Waals surface area contributed by atoms with Gasteiger partial charge in [-0.15, -0.1) is 0 Å². The zero-order chi connectivity index (χ0) is 19.5. The largest absolute Gasteiger partial charge is 0.395 e. The fourth-order valence-corrected chi connectivity index (χ4v) is 4.58. The van der Waals surface area contributed by atoms with Crippen LogP contribution in [0.4, 0.5) is 0 Å². The molecule has 4 aliphatic carbocycles. The Morgan fingerprint density at radius 2 is 1.86 bits per heavy atom. The topological polar surface area (TPSA) is 60.8 Å². The highest BCUT2D eigenvalue weighted by atomic mass is 16.3. The Kier molecular flexibility index (Phi) is 5.60. The number of amides is 1. The normalized spacial score (nSPS) is 21.6. The van der Waals surface area contributed by atoms with Gasteiger partial charge in [0.2, 0.25) is 5.91 Å². The first-order valence-electron chi connectivity index (χ1n) is 10.1. The lowest BCUT2D eigenvalue weighted by Gasteiger charge is -2.36. The van der Waals surface area contributed by atoms with E-state index in [1.54, 1.807) is 4.90 Å². The smallest absolute Gasteiger partial charge is 0.222 e. The highest BCUT2D eigenvalue weighted by Crippen LogP contribution is 2.48. The summed E-state index contributed by atoms with van der Waals surface area (Å²) in [5.41, 5.74) is 8.22. The van der Waals surface area contributed by atoms with E-state index < -0.39 is 0 Å². The summed E-state index contributed by atoms with van der Waals surface area (Å²) in [5.74, 6) is 0.333. The molecule has 0 heterocycles. The average molecular weight is 377 g/mol. The number of aliphatic hydroxyl groups excluding tert-OH is 2. The van der Waals surface area contributed by atoms with Gasteiger partial charge in [-0.25, -0.2) is 0 Å². The van der Waals surface area contributed by atoms with Crippen molar-refractivity contribution in [3.8, 4) is 0 Å². The fraction of sp³-hybridized carbons (Fsp3) is 0.375. The minimum absolute atomic E-state index is 0.00133. The maximum atomic E-state index is 12.4. The van der Waals surface area contributed by atoms with E-state index in [0.29, 0.717) is 12.3 Å². The van der Waals surface area contributed by atoms with Gasteiger partial charge in [-0.05, 0) is 52.7 Å². The number of carbonyl (C=O) groups is 1. The fourth-order valence-electron chi connectivity index (χ4n) is 4.58. The van der Waals surface area contributed by atoms with E-state index >= 15 is 0 Å². The van der Waals surface area contributed by atoms with Crippen LogP contribution in [0, 0.1) is 5.92 Å². The molecule has 4 heteroatoms. The van der Waals surface area contributed by atoms with Crippen molar-refractivity contribution in [2.45, 2.75) is 25.7 Å². The van der Waals surface area contributed by atoms with Crippen LogP contribution in [0.3, 0.4) is 0 Å². The van der Waals surface area contributed by atoms with E-state index in [-0.39, 0.29) is 32.2 Å². The van der Waals surface area contributed by atoms with Gasteiger partial charge in [0.1, 0.15) is 0 Å². The van der Waals surface area contributed by atoms with Crippen LogP contribution in [-0.2, 0) is 4.79 Å². The second-order valence-corrected chi connectivity index (χ2v) is 7.60. The third kappa shape index (κ3) is 3.50. The van der Waals surface area contributed by atoms with E-state index in [0.717, 1.165) is 19.3 Å². The Balaban J connectivity index is 1.47. The molecule has 4 aliphatic rings. The molecule has 1 unspecified atom stereocenters. The lowest BCUT2D eigenvalue weighted by Crippen LogP contribution is -2.35. The van der Waals surface area contributed by atoms with Crippen molar-refractivity contribution in [2.75, 3.05) is 26.3 Å². The molecule has 0 saturated heterocycles. The highest BCUT2D eigenvalue weighted by molar-refractivity contribution is 5.76. The Bertz CT molecular complexity index is 874. The van der Waals surface area contributed by atoms with Crippen molar-refractivity contribution in [3.05, 3.63) is 82.0 Å². The van der Waals surface area contributed by atoms with Gasteiger partial charge in [-0.3, -0.25) is 4.79 Å². The maximum absolute atomic E-state index is 12.4. The number of hydrogen-bond acceptors (Lipinski definition) is 3. The third-order valence-electron chi connectivity index (χ3n) is 5.92. The number of nitrogens with zero attached hydrogens (tertiary/aromatic N) is 1. The first kappa shape index (κ1) is 18.9. The molecular formula is C24H27NO3. The highest BCUT2D eigenvalue weighted by Gasteiger charge is 2.33. The minimum atomic E-state index is -0.0763. The SMILES string of the molecule is O=C(CCCC1=C2C=CC3=C4C(=CC=C(C=C1)C24)CC=C3)N(CCO)CCO. The summed E-state index contributed by atoms with van der Waals surface area (Å²) in [6.45, 7) is 0.414. The monoisotopic (exact) mass is 377 g/mol. The zero-order valence-corrected chi connectivity index (χ0v) is 16.1. The lowest BCUT2D eigenvalue weighted by atomic mass is 9.67. The van der Waals surface area contributed by atoms with Gasteiger partial charge < -0.3 is 15.1 Å². The van der Waals surface area contributed by atoms with E-state index in [1.165, 1.54) is 33.4 Å². The third-order valence-corrected chi connectivity index (χ3v) is 5.92. The van der Waals surface area contributed by atoms with Crippen molar-refractivity contribution < 1.29 is 15.0 Å². The van der Waals surface area contributed by atoms with Crippen LogP contribution >= 0.6 is 0 Å². The summed E-state index contributed by atoms with van der Waals surface area (Å²) in [6, 6.07) is 0. The molecule has 4 rings (SSSR count). The van der Waals surface area contributed by atoms with Crippen molar-refractivity contribution in [3.63, 3.8) is 0 Å². The number of rotatable bonds is 8. The minimum Gasteiger partial charge on any atom is -0.395 e. The first-order chi connectivity index (χ1) is 13.7. The van der Waals surface area contributed by atoms with Crippen LogP contribution in [0.25, 0.3) is 0 Å². The van der Waals surface area contributed by atoms with Crippen molar-refractivity contribution in [1.82, 2.24) is 4.90 Å². The van der Waals surface area contributed by atoms with E-state index in [9.17, 15) is 4.79 Å². The molecule has 2 N–H and O–H groups in total. The molecule has 0 fully saturated rings. The molecule has 0 radical (unpaired) electrons. The van der Waals surface area contributed by atoms with E-state index in [4.69, 9.17) is 10.2 Å². The van der Waals surface area contributed by atoms with E-state index in [1.807, 2.05) is 0 Å². The lowest BCUT2D eigenvalue weighted by molar-refractivity contribution is -0.132. The average Bonchev–Trinajstić information content (AvgIpc) is 2.72. The number of carbonyl (C=O) groups excluding carboxylic acids is 1. The van der Waals surface area contributed by atoms with Crippen molar-refractivity contribution in [2.24, 2.45) is 5.92 Å². The Hall–Kier alpha value is -2.43. The molecule has 1 amide bonds. The summed E-state index contributed by atoms with van der Waals surface area (Å²) in [6.07, 6.45) is 20.9. The van der Waals surface area contributed by atoms with Crippen LogP contribution in [0.2, 0.25) is 0 Å². The quantitative estimate of drug-likeness (QED) is 0.683. The molecule has 0 spiro atoms. The number of aliphatic hydroxyl groups is 2. The van der Waals surface area contributed by atoms with Gasteiger partial charge >= 0.3 is 0 Å². The predicted molar refractivity (Wildman–Crippen MR) is 110 cm³/mol. The summed E-state index contributed by atoms with van der Waals surface area (Å²) in [7, 11) is 0. The first-order valence-corrected chi connectivity index (χ1v) is 10.1. The second kappa shape index (κ2) is 8.29. The molecule has 0 bridgehead atoms. The molecule has 0 aromatic heterocycles. The Labute approximate surface area is 166 Å². The molecule has 28 heavy (non-hydrogen) atoms. The molecule has 4 nitrogen and oxygen atoms in total. The molecule has 1 atom stereocenters. The summed E-state index contributed by atoms with van der Waals surface area (Å²) < 4.78 is 0. The number of hydrogen-bond donors (Lipinski definition) is 2. The van der Waals surface area contributed by atoms with Crippen LogP contribution in [-0.4, -0.2) is 47.3 Å². The van der Waals surface area contributed by atoms with Crippen LogP contribution in [0.1, 0.15) is 25.7 Å². The van der Waals surface area contributed by atoms with Gasteiger partial charge in [-0.1, -0.05) is 48.6 Å². The summed E-state index contributed by atoms with van der Waals surface area (Å²) in [4.78, 5) is 13.9. The predicted octanol–water partition coefficient (Wildman–Crippen LogP) is 3.15. The van der Waals surface area contributed by atoms with Crippen LogP contribution < -0.4 is 0 Å². The van der Waals surface area contributed by atoms with E-state index in [2.05, 4.69) is 48.6 Å². The molecular weight excluding hydrogens is 350 g/mol. The molecule has 146 valence electrons. The van der Waals surface area contributed by atoms with Gasteiger partial charge in [0.15, 0.2) is 0 Å². The molecule has 0 aromatic rings. The number of allylic oxidation sites excluding steroid dienone is 14. The van der Waals surface area contributed by atoms with Gasteiger partial charge in [0, 0.05) is 25.4 Å². The Morgan fingerprint density at radius 1 is 1.04 bits per heavy atom. The summed E-state index contributed by atoms with van der Waals surface area (Å²) in [5, 5.41) is 18.2. The van der Waals surface area contributed by atoms with Gasteiger partial charge in [0.05, 0.1) is 13.2 Å². The molecule has 0 aliphatic heterocycles. The second-order valence-electron chi connectivity index (χ2n) is 7.60. The van der Waals surface area contributed by atoms with Crippen LogP contribution in [0.15, 0.2) is 82.0 Å². The van der Waals surface area contributed by atoms with Gasteiger partial charge in [-0.2, -0.15) is 0 Å². The van der Waals surface area contributed by atoms with Crippen molar-refractivity contribution >= 4 is 5.91 Å². The Morgan fingerprint density at radius 3 is 2.64 bits per heavy atom. The van der Waals surface area contributed by atoms with Gasteiger partial charge in [0.25, 0.3) is 0 Å². The molecule has 0 aromatic carbocycles. The van der Waals surface area contributed by atoms with Crippen LogP contribution in [0.5, 0.6) is 0 Å². The zero-order valence-electron chi connectivity index (χ0n) is 16.1. The maximum Gasteiger partial charge on any atom is 0.222 e. The standard InChI is InChI=1S/C24H27NO3/c26-15-13-25(14-16-27)22(28)6-2-3-17-7-8-20-10-9-18-4-1-5-19-11-12-21(17)24(20)23(18)19/h1,5,7-12,24,26-27H,2-4,6,13-16H2.